The number of aromatic nitrogens is 3. The van der Waals surface area contributed by atoms with Crippen LogP contribution in [0.15, 0.2) is 24.3 Å². The van der Waals surface area contributed by atoms with Gasteiger partial charge in [-0.15, -0.1) is 0 Å². The van der Waals surface area contributed by atoms with Gasteiger partial charge in [0.1, 0.15) is 23.9 Å². The van der Waals surface area contributed by atoms with E-state index in [2.05, 4.69) is 20.3 Å². The van der Waals surface area contributed by atoms with Crippen LogP contribution in [0, 0.1) is 6.92 Å². The quantitative estimate of drug-likeness (QED) is 0.431. The van der Waals surface area contributed by atoms with Crippen LogP contribution in [0.5, 0.6) is 11.5 Å². The number of ether oxygens (including phenoxy) is 3. The summed E-state index contributed by atoms with van der Waals surface area (Å²) in [5, 5.41) is 14.7. The highest BCUT2D eigenvalue weighted by Crippen LogP contribution is 2.45. The number of pyridine rings is 1. The van der Waals surface area contributed by atoms with Crippen molar-refractivity contribution in [2.75, 3.05) is 38.5 Å². The molecule has 1 fully saturated rings. The maximum absolute atomic E-state index is 10.5. The molecule has 1 aliphatic carbocycles. The summed E-state index contributed by atoms with van der Waals surface area (Å²) in [5.74, 6) is 2.44. The lowest BCUT2D eigenvalue weighted by Crippen LogP contribution is -2.15. The molecule has 0 aliphatic heterocycles. The molecule has 0 saturated heterocycles. The highest BCUT2D eigenvalue weighted by molar-refractivity contribution is 5.92. The lowest BCUT2D eigenvalue weighted by molar-refractivity contribution is 0.144. The Hall–Kier alpha value is -3.17. The molecule has 1 aromatic carbocycles. The monoisotopic (exact) mass is 439 g/mol. The van der Waals surface area contributed by atoms with E-state index >= 15 is 0 Å². The first-order valence-corrected chi connectivity index (χ1v) is 10.6. The Kier molecular flexibility index (Phi) is 6.03. The molecule has 170 valence electrons. The predicted octanol–water partition coefficient (Wildman–Crippen LogP) is 3.10. The number of hydrogen-bond acceptors (Lipinski definition) is 9. The molecular formula is C23H29N5O4. The van der Waals surface area contributed by atoms with Gasteiger partial charge in [-0.2, -0.15) is 0 Å². The van der Waals surface area contributed by atoms with E-state index in [4.69, 9.17) is 19.9 Å². The number of aryl methyl sites for hydroxylation is 1. The topological polar surface area (TPSA) is 125 Å². The second-order valence-electron chi connectivity index (χ2n) is 8.09. The fraction of sp³-hybridized carbons (Fsp3) is 0.435. The van der Waals surface area contributed by atoms with Crippen molar-refractivity contribution in [2.45, 2.75) is 38.3 Å². The smallest absolute Gasteiger partial charge is 0.162 e. The van der Waals surface area contributed by atoms with E-state index in [1.807, 2.05) is 32.0 Å². The molecule has 1 atom stereocenters. The van der Waals surface area contributed by atoms with Crippen molar-refractivity contribution in [1.29, 1.82) is 0 Å². The zero-order valence-corrected chi connectivity index (χ0v) is 18.8. The van der Waals surface area contributed by atoms with Gasteiger partial charge in [0.2, 0.25) is 0 Å². The average molecular weight is 440 g/mol. The molecule has 0 radical (unpaired) electrons. The van der Waals surface area contributed by atoms with Crippen LogP contribution in [0.3, 0.4) is 0 Å². The number of fused-ring (bicyclic) bond motifs is 1. The van der Waals surface area contributed by atoms with Crippen LogP contribution < -0.4 is 20.5 Å². The summed E-state index contributed by atoms with van der Waals surface area (Å²) in [5.41, 5.74) is 7.89. The number of nitrogens with two attached hydrogens (primary N) is 1. The number of nitrogens with one attached hydrogen (secondary N) is 1. The Labute approximate surface area is 186 Å². The van der Waals surface area contributed by atoms with Gasteiger partial charge in [-0.1, -0.05) is 0 Å². The first-order chi connectivity index (χ1) is 15.3. The van der Waals surface area contributed by atoms with Gasteiger partial charge >= 0.3 is 0 Å². The Morgan fingerprint density at radius 3 is 2.56 bits per heavy atom. The molecule has 9 heteroatoms. The number of anilines is 2. The van der Waals surface area contributed by atoms with Crippen LogP contribution in [0.1, 0.15) is 43.0 Å². The minimum Gasteiger partial charge on any atom is -0.493 e. The van der Waals surface area contributed by atoms with E-state index in [1.165, 1.54) is 0 Å². The number of nitrogens with zero attached hydrogens (tertiary/aromatic N) is 3. The molecule has 4 N–H and O–H groups in total. The Bertz CT molecular complexity index is 1130. The highest BCUT2D eigenvalue weighted by Gasteiger charge is 2.44. The minimum atomic E-state index is -0.854. The summed E-state index contributed by atoms with van der Waals surface area (Å²) >= 11 is 0. The Morgan fingerprint density at radius 2 is 1.88 bits per heavy atom. The number of aliphatic hydroxyl groups is 1. The molecule has 3 aromatic rings. The van der Waals surface area contributed by atoms with E-state index in [1.54, 1.807) is 20.3 Å². The number of hydrogen-bond donors (Lipinski definition) is 3. The molecule has 2 aromatic heterocycles. The maximum Gasteiger partial charge on any atom is 0.162 e. The molecule has 0 amide bonds. The largest absolute Gasteiger partial charge is 0.493 e. The Morgan fingerprint density at radius 1 is 1.09 bits per heavy atom. The Balaban J connectivity index is 1.69. The average Bonchev–Trinajstić information content (AvgIpc) is 3.52. The van der Waals surface area contributed by atoms with Crippen LogP contribution in [-0.2, 0) is 10.3 Å². The number of nitrogen functional groups attached to an aromatic ring is 1. The zero-order valence-electron chi connectivity index (χ0n) is 18.8. The molecule has 0 bridgehead atoms. The third-order valence-electron chi connectivity index (χ3n) is 5.50. The van der Waals surface area contributed by atoms with Crippen molar-refractivity contribution in [2.24, 2.45) is 0 Å². The molecule has 1 saturated carbocycles. The first kappa shape index (κ1) is 22.0. The van der Waals surface area contributed by atoms with E-state index in [-0.39, 0.29) is 6.04 Å². The molecule has 1 aliphatic rings. The third kappa shape index (κ3) is 4.53. The van der Waals surface area contributed by atoms with Gasteiger partial charge in [-0.05, 0) is 44.9 Å². The number of methoxy groups -OCH3 is 2. The maximum atomic E-state index is 10.5. The van der Waals surface area contributed by atoms with Crippen molar-refractivity contribution < 1.29 is 19.3 Å². The van der Waals surface area contributed by atoms with Crippen LogP contribution in [-0.4, -0.2) is 47.5 Å². The van der Waals surface area contributed by atoms with Gasteiger partial charge < -0.3 is 30.4 Å². The van der Waals surface area contributed by atoms with Crippen molar-refractivity contribution in [3.05, 3.63) is 41.5 Å². The summed E-state index contributed by atoms with van der Waals surface area (Å²) in [6.07, 6.45) is 1.41. The van der Waals surface area contributed by atoms with Crippen molar-refractivity contribution in [3.8, 4) is 11.5 Å². The second kappa shape index (κ2) is 8.76. The number of benzene rings is 1. The fourth-order valence-electron chi connectivity index (χ4n) is 3.56. The summed E-state index contributed by atoms with van der Waals surface area (Å²) in [6, 6.07) is 7.04. The van der Waals surface area contributed by atoms with E-state index < -0.39 is 5.60 Å². The summed E-state index contributed by atoms with van der Waals surface area (Å²) in [6.45, 7) is 4.67. The molecule has 4 rings (SSSR count). The summed E-state index contributed by atoms with van der Waals surface area (Å²) in [7, 11) is 3.22. The van der Waals surface area contributed by atoms with E-state index in [0.29, 0.717) is 60.6 Å². The van der Waals surface area contributed by atoms with E-state index in [9.17, 15) is 5.11 Å². The van der Waals surface area contributed by atoms with Gasteiger partial charge in [0, 0.05) is 24.2 Å². The summed E-state index contributed by atoms with van der Waals surface area (Å²) < 4.78 is 16.4. The van der Waals surface area contributed by atoms with Crippen LogP contribution in [0.4, 0.5) is 11.5 Å². The van der Waals surface area contributed by atoms with Crippen molar-refractivity contribution >= 4 is 22.4 Å². The number of rotatable bonds is 9. The SMILES string of the molecule is COCCOc1cc2c(N[C@H](C)c3cc(N)cc(C4(O)CC4)n3)nc(C)nc2cc1OC. The van der Waals surface area contributed by atoms with Crippen molar-refractivity contribution in [1.82, 2.24) is 15.0 Å². The molecule has 32 heavy (non-hydrogen) atoms. The lowest BCUT2D eigenvalue weighted by Gasteiger charge is -2.19. The lowest BCUT2D eigenvalue weighted by atomic mass is 10.1. The van der Waals surface area contributed by atoms with Gasteiger partial charge in [0.15, 0.2) is 11.5 Å². The molecular weight excluding hydrogens is 410 g/mol. The van der Waals surface area contributed by atoms with Gasteiger partial charge in [0.25, 0.3) is 0 Å². The highest BCUT2D eigenvalue weighted by atomic mass is 16.5. The molecule has 0 unspecified atom stereocenters. The predicted molar refractivity (Wildman–Crippen MR) is 122 cm³/mol. The fourth-order valence-corrected chi connectivity index (χ4v) is 3.56. The molecule has 0 spiro atoms. The molecule has 9 nitrogen and oxygen atoms in total. The van der Waals surface area contributed by atoms with Crippen LogP contribution in [0.2, 0.25) is 0 Å². The second-order valence-corrected chi connectivity index (χ2v) is 8.09. The minimum absolute atomic E-state index is 0.211. The molecule has 2 heterocycles. The summed E-state index contributed by atoms with van der Waals surface area (Å²) in [4.78, 5) is 13.8. The zero-order chi connectivity index (χ0) is 22.9. The van der Waals surface area contributed by atoms with Crippen molar-refractivity contribution in [3.63, 3.8) is 0 Å². The van der Waals surface area contributed by atoms with Gasteiger partial charge in [-0.25, -0.2) is 9.97 Å². The van der Waals surface area contributed by atoms with Gasteiger partial charge in [-0.3, -0.25) is 4.98 Å². The van der Waals surface area contributed by atoms with Gasteiger partial charge in [0.05, 0.1) is 36.7 Å². The van der Waals surface area contributed by atoms with E-state index in [0.717, 1.165) is 16.6 Å². The third-order valence-corrected chi connectivity index (χ3v) is 5.50. The van der Waals surface area contributed by atoms with Crippen LogP contribution in [0.25, 0.3) is 10.9 Å². The normalized spacial score (nSPS) is 15.4. The standard InChI is InChI=1S/C23H29N5O4/c1-13(17-9-15(24)10-21(28-17)23(29)5-6-23)25-22-16-11-20(32-8-7-30-3)19(31-4)12-18(16)26-14(2)27-22/h9-13,29H,5-8H2,1-4H3,(H2,24,28)(H,25,26,27)/t13-/m1/s1. The van der Waals surface area contributed by atoms with Crippen LogP contribution >= 0.6 is 0 Å². The first-order valence-electron chi connectivity index (χ1n) is 10.6.